The third kappa shape index (κ3) is 5.42. The molecule has 1 heterocycles. The number of nitrogens with one attached hydrogen (secondary N) is 1. The second-order valence-corrected chi connectivity index (χ2v) is 4.23. The first-order chi connectivity index (χ1) is 8.82. The summed E-state index contributed by atoms with van der Waals surface area (Å²) in [6, 6.07) is 1.74. The number of alkyl halides is 3. The molecule has 0 aliphatic carbocycles. The molecule has 0 saturated heterocycles. The van der Waals surface area contributed by atoms with Crippen LogP contribution in [0.1, 0.15) is 31.8 Å². The summed E-state index contributed by atoms with van der Waals surface area (Å²) in [7, 11) is 0. The Bertz CT molecular complexity index is 410. The largest absolute Gasteiger partial charge is 0.414 e. The van der Waals surface area contributed by atoms with E-state index in [1.54, 1.807) is 13.0 Å². The summed E-state index contributed by atoms with van der Waals surface area (Å²) in [5.41, 5.74) is 0.687. The van der Waals surface area contributed by atoms with Gasteiger partial charge in [0.2, 0.25) is 0 Å². The number of rotatable bonds is 6. The third-order valence-electron chi connectivity index (χ3n) is 2.38. The van der Waals surface area contributed by atoms with Gasteiger partial charge in [-0.3, -0.25) is 0 Å². The zero-order chi connectivity index (χ0) is 14.5. The van der Waals surface area contributed by atoms with Crippen LogP contribution in [0.2, 0.25) is 0 Å². The fourth-order valence-electron chi connectivity index (χ4n) is 1.33. The Labute approximate surface area is 110 Å². The van der Waals surface area contributed by atoms with Gasteiger partial charge in [-0.05, 0) is 20.3 Å². The minimum Gasteiger partial charge on any atom is -0.370 e. The van der Waals surface area contributed by atoms with Crippen LogP contribution in [0, 0.1) is 6.92 Å². The molecular formula is C12H18F3N3O. The number of aryl methyl sites for hydroxylation is 1. The molecule has 4 nitrogen and oxygen atoms in total. The minimum absolute atomic E-state index is 0.245. The summed E-state index contributed by atoms with van der Waals surface area (Å²) in [6.45, 7) is 5.22. The first-order valence-electron chi connectivity index (χ1n) is 6.09. The van der Waals surface area contributed by atoms with Crippen LogP contribution in [-0.2, 0) is 11.3 Å². The summed E-state index contributed by atoms with van der Waals surface area (Å²) >= 11 is 0. The highest BCUT2D eigenvalue weighted by Crippen LogP contribution is 2.23. The van der Waals surface area contributed by atoms with Crippen LogP contribution in [-0.4, -0.2) is 28.8 Å². The van der Waals surface area contributed by atoms with Gasteiger partial charge in [0.05, 0.1) is 0 Å². The summed E-state index contributed by atoms with van der Waals surface area (Å²) in [5, 5.41) is 3.06. The van der Waals surface area contributed by atoms with Crippen molar-refractivity contribution in [3.63, 3.8) is 0 Å². The van der Waals surface area contributed by atoms with Crippen molar-refractivity contribution in [2.24, 2.45) is 0 Å². The van der Waals surface area contributed by atoms with Crippen LogP contribution >= 0.6 is 0 Å². The topological polar surface area (TPSA) is 47.0 Å². The van der Waals surface area contributed by atoms with Gasteiger partial charge in [0.1, 0.15) is 12.4 Å². The summed E-state index contributed by atoms with van der Waals surface area (Å²) in [6.07, 6.45) is -5.27. The molecule has 0 radical (unpaired) electrons. The highest BCUT2D eigenvalue weighted by molar-refractivity contribution is 5.35. The molecule has 0 bridgehead atoms. The molecule has 0 saturated carbocycles. The van der Waals surface area contributed by atoms with E-state index in [9.17, 15) is 13.2 Å². The third-order valence-corrected chi connectivity index (χ3v) is 2.38. The fourth-order valence-corrected chi connectivity index (χ4v) is 1.33. The second-order valence-electron chi connectivity index (χ2n) is 4.23. The molecule has 7 heteroatoms. The quantitative estimate of drug-likeness (QED) is 0.868. The molecule has 19 heavy (non-hydrogen) atoms. The van der Waals surface area contributed by atoms with Crippen molar-refractivity contribution in [1.29, 1.82) is 0 Å². The lowest BCUT2D eigenvalue weighted by molar-refractivity contribution is -0.217. The van der Waals surface area contributed by atoms with E-state index in [-0.39, 0.29) is 12.4 Å². The standard InChI is InChI=1S/C12H18F3N3O/c1-4-5-16-10-6-8(2)17-11(18-10)7-19-9(3)12(13,14)15/h6,9H,4-5,7H2,1-3H3,(H,16,17,18). The van der Waals surface area contributed by atoms with Crippen molar-refractivity contribution in [3.8, 4) is 0 Å². The van der Waals surface area contributed by atoms with E-state index in [1.807, 2.05) is 6.92 Å². The van der Waals surface area contributed by atoms with Gasteiger partial charge in [0.25, 0.3) is 0 Å². The van der Waals surface area contributed by atoms with E-state index in [0.29, 0.717) is 11.5 Å². The molecule has 0 fully saturated rings. The first kappa shape index (κ1) is 15.7. The normalized spacial score (nSPS) is 13.4. The van der Waals surface area contributed by atoms with Gasteiger partial charge in [0.15, 0.2) is 11.9 Å². The van der Waals surface area contributed by atoms with E-state index in [1.165, 1.54) is 0 Å². The van der Waals surface area contributed by atoms with Crippen molar-refractivity contribution in [2.75, 3.05) is 11.9 Å². The van der Waals surface area contributed by atoms with Crippen LogP contribution in [0.3, 0.4) is 0 Å². The monoisotopic (exact) mass is 277 g/mol. The molecule has 0 amide bonds. The van der Waals surface area contributed by atoms with Crippen LogP contribution in [0.5, 0.6) is 0 Å². The Hall–Kier alpha value is -1.37. The van der Waals surface area contributed by atoms with Crippen molar-refractivity contribution < 1.29 is 17.9 Å². The second kappa shape index (κ2) is 6.70. The van der Waals surface area contributed by atoms with Gasteiger partial charge in [-0.15, -0.1) is 0 Å². The number of nitrogens with zero attached hydrogens (tertiary/aromatic N) is 2. The molecule has 0 aliphatic heterocycles. The molecule has 1 aromatic heterocycles. The molecule has 1 aromatic rings. The first-order valence-corrected chi connectivity index (χ1v) is 6.09. The molecule has 1 unspecified atom stereocenters. The SMILES string of the molecule is CCCNc1cc(C)nc(COC(C)C(F)(F)F)n1. The maximum atomic E-state index is 12.3. The summed E-state index contributed by atoms with van der Waals surface area (Å²) in [4.78, 5) is 8.16. The molecule has 0 spiro atoms. The Balaban J connectivity index is 2.65. The zero-order valence-corrected chi connectivity index (χ0v) is 11.2. The van der Waals surface area contributed by atoms with E-state index in [2.05, 4.69) is 15.3 Å². The number of anilines is 1. The summed E-state index contributed by atoms with van der Waals surface area (Å²) in [5.74, 6) is 0.849. The number of ether oxygens (including phenoxy) is 1. The molecule has 0 aromatic carbocycles. The van der Waals surface area contributed by atoms with E-state index >= 15 is 0 Å². The predicted molar refractivity (Wildman–Crippen MR) is 65.9 cm³/mol. The van der Waals surface area contributed by atoms with Gasteiger partial charge < -0.3 is 10.1 Å². The Kier molecular flexibility index (Phi) is 5.53. The highest BCUT2D eigenvalue weighted by atomic mass is 19.4. The van der Waals surface area contributed by atoms with Crippen molar-refractivity contribution in [1.82, 2.24) is 9.97 Å². The number of hydrogen-bond acceptors (Lipinski definition) is 4. The zero-order valence-electron chi connectivity index (χ0n) is 11.2. The molecule has 0 aliphatic rings. The fraction of sp³-hybridized carbons (Fsp3) is 0.667. The Morgan fingerprint density at radius 3 is 2.63 bits per heavy atom. The lowest BCUT2D eigenvalue weighted by Gasteiger charge is -2.16. The maximum absolute atomic E-state index is 12.3. The average Bonchev–Trinajstić information content (AvgIpc) is 2.31. The van der Waals surface area contributed by atoms with Crippen LogP contribution in [0.15, 0.2) is 6.07 Å². The summed E-state index contributed by atoms with van der Waals surface area (Å²) < 4.78 is 41.6. The van der Waals surface area contributed by atoms with Crippen molar-refractivity contribution >= 4 is 5.82 Å². The van der Waals surface area contributed by atoms with E-state index in [0.717, 1.165) is 19.9 Å². The molecular weight excluding hydrogens is 259 g/mol. The van der Waals surface area contributed by atoms with E-state index < -0.39 is 12.3 Å². The lowest BCUT2D eigenvalue weighted by atomic mass is 10.4. The number of halogens is 3. The molecule has 1 N–H and O–H groups in total. The predicted octanol–water partition coefficient (Wildman–Crippen LogP) is 3.07. The van der Waals surface area contributed by atoms with Gasteiger partial charge in [-0.25, -0.2) is 9.97 Å². The number of hydrogen-bond donors (Lipinski definition) is 1. The minimum atomic E-state index is -4.37. The number of aromatic nitrogens is 2. The Morgan fingerprint density at radius 1 is 1.37 bits per heavy atom. The van der Waals surface area contributed by atoms with E-state index in [4.69, 9.17) is 4.74 Å². The molecule has 1 atom stereocenters. The Morgan fingerprint density at radius 2 is 2.05 bits per heavy atom. The highest BCUT2D eigenvalue weighted by Gasteiger charge is 2.37. The van der Waals surface area contributed by atoms with Gasteiger partial charge >= 0.3 is 6.18 Å². The lowest BCUT2D eigenvalue weighted by Crippen LogP contribution is -2.28. The van der Waals surface area contributed by atoms with Crippen molar-refractivity contribution in [3.05, 3.63) is 17.6 Å². The van der Waals surface area contributed by atoms with Crippen molar-refractivity contribution in [2.45, 2.75) is 46.1 Å². The van der Waals surface area contributed by atoms with Crippen LogP contribution < -0.4 is 5.32 Å². The molecule has 108 valence electrons. The average molecular weight is 277 g/mol. The van der Waals surface area contributed by atoms with Gasteiger partial charge in [-0.1, -0.05) is 6.92 Å². The van der Waals surface area contributed by atoms with Crippen LogP contribution in [0.4, 0.5) is 19.0 Å². The smallest absolute Gasteiger partial charge is 0.370 e. The molecule has 1 rings (SSSR count). The van der Waals surface area contributed by atoms with Gasteiger partial charge in [-0.2, -0.15) is 13.2 Å². The maximum Gasteiger partial charge on any atom is 0.414 e. The van der Waals surface area contributed by atoms with Crippen LogP contribution in [0.25, 0.3) is 0 Å². The van der Waals surface area contributed by atoms with Gasteiger partial charge in [0, 0.05) is 18.3 Å².